The molecule has 0 atom stereocenters. The second-order valence-corrected chi connectivity index (χ2v) is 6.14. The maximum absolute atomic E-state index is 12.7. The predicted octanol–water partition coefficient (Wildman–Crippen LogP) is 3.17. The second-order valence-electron chi connectivity index (χ2n) is 6.14. The molecule has 1 aliphatic heterocycles. The van der Waals surface area contributed by atoms with E-state index in [9.17, 15) is 4.79 Å². The lowest BCUT2D eigenvalue weighted by Crippen LogP contribution is -2.35. The number of nitrogens with one attached hydrogen (secondary N) is 1. The lowest BCUT2D eigenvalue weighted by atomic mass is 9.98. The Morgan fingerprint density at radius 3 is 2.68 bits per heavy atom. The van der Waals surface area contributed by atoms with E-state index >= 15 is 0 Å². The summed E-state index contributed by atoms with van der Waals surface area (Å²) in [4.78, 5) is 14.5. The summed E-state index contributed by atoms with van der Waals surface area (Å²) in [5.74, 6) is 0.880. The van der Waals surface area contributed by atoms with Crippen molar-refractivity contribution in [2.75, 3.05) is 7.11 Å². The summed E-state index contributed by atoms with van der Waals surface area (Å²) in [6.45, 7) is 1.16. The number of carbonyl (C=O) groups is 1. The molecular weight excluding hydrogens is 314 g/mol. The van der Waals surface area contributed by atoms with Crippen molar-refractivity contribution in [1.82, 2.24) is 15.1 Å². The van der Waals surface area contributed by atoms with Crippen molar-refractivity contribution in [2.24, 2.45) is 0 Å². The van der Waals surface area contributed by atoms with E-state index in [4.69, 9.17) is 4.74 Å². The van der Waals surface area contributed by atoms with Gasteiger partial charge >= 0.3 is 0 Å². The highest BCUT2D eigenvalue weighted by atomic mass is 16.5. The summed E-state index contributed by atoms with van der Waals surface area (Å²) < 4.78 is 5.44. The van der Waals surface area contributed by atoms with Gasteiger partial charge in [0.2, 0.25) is 5.91 Å². The summed E-state index contributed by atoms with van der Waals surface area (Å²) in [6, 6.07) is 17.8. The van der Waals surface area contributed by atoms with E-state index in [0.717, 1.165) is 33.8 Å². The molecule has 0 saturated carbocycles. The Kier molecular flexibility index (Phi) is 3.98. The third-order valence-electron chi connectivity index (χ3n) is 4.56. The molecule has 0 aliphatic carbocycles. The fraction of sp³-hybridized carbons (Fsp3) is 0.200. The van der Waals surface area contributed by atoms with Crippen molar-refractivity contribution >= 4 is 5.91 Å². The van der Waals surface area contributed by atoms with Crippen LogP contribution in [0.3, 0.4) is 0 Å². The van der Waals surface area contributed by atoms with Gasteiger partial charge in [0.15, 0.2) is 0 Å². The number of carbonyl (C=O) groups excluding carboxylic acids is 1. The summed E-state index contributed by atoms with van der Waals surface area (Å²) in [5.41, 5.74) is 4.81. The number of nitrogens with zero attached hydrogens (tertiary/aromatic N) is 2. The van der Waals surface area contributed by atoms with Crippen LogP contribution < -0.4 is 4.74 Å². The zero-order valence-corrected chi connectivity index (χ0v) is 14.0. The zero-order valence-electron chi connectivity index (χ0n) is 14.0. The molecule has 0 spiro atoms. The number of aromatic nitrogens is 2. The van der Waals surface area contributed by atoms with Gasteiger partial charge in [0.1, 0.15) is 5.75 Å². The first kappa shape index (κ1) is 15.4. The van der Waals surface area contributed by atoms with E-state index in [1.54, 1.807) is 7.11 Å². The number of ether oxygens (including phenoxy) is 1. The van der Waals surface area contributed by atoms with E-state index in [0.29, 0.717) is 19.5 Å². The summed E-state index contributed by atoms with van der Waals surface area (Å²) in [6.07, 6.45) is 0.353. The molecule has 0 bridgehead atoms. The number of amides is 1. The van der Waals surface area contributed by atoms with Gasteiger partial charge in [-0.3, -0.25) is 9.89 Å². The molecule has 25 heavy (non-hydrogen) atoms. The van der Waals surface area contributed by atoms with Gasteiger partial charge in [-0.05, 0) is 17.7 Å². The Labute approximate surface area is 146 Å². The van der Waals surface area contributed by atoms with Gasteiger partial charge in [-0.25, -0.2) is 0 Å². The number of para-hydroxylation sites is 1. The molecule has 2 aromatic carbocycles. The molecule has 5 heteroatoms. The molecule has 1 N–H and O–H groups in total. The Morgan fingerprint density at radius 2 is 1.88 bits per heavy atom. The van der Waals surface area contributed by atoms with Gasteiger partial charge in [0.05, 0.1) is 31.5 Å². The van der Waals surface area contributed by atoms with Crippen molar-refractivity contribution in [1.29, 1.82) is 0 Å². The first-order valence-corrected chi connectivity index (χ1v) is 8.27. The lowest BCUT2D eigenvalue weighted by Gasteiger charge is -2.27. The number of hydrogen-bond donors (Lipinski definition) is 1. The predicted molar refractivity (Wildman–Crippen MR) is 95.0 cm³/mol. The van der Waals surface area contributed by atoms with Crippen LogP contribution in [0.15, 0.2) is 54.6 Å². The first-order valence-electron chi connectivity index (χ1n) is 8.27. The zero-order chi connectivity index (χ0) is 17.2. The second kappa shape index (κ2) is 6.43. The fourth-order valence-electron chi connectivity index (χ4n) is 3.28. The summed E-state index contributed by atoms with van der Waals surface area (Å²) in [5, 5.41) is 7.58. The quantitative estimate of drug-likeness (QED) is 0.798. The average Bonchev–Trinajstić information content (AvgIpc) is 3.05. The number of benzene rings is 2. The molecule has 3 aromatic rings. The molecule has 0 radical (unpaired) electrons. The lowest BCUT2D eigenvalue weighted by molar-refractivity contribution is -0.132. The standard InChI is InChI=1S/C20H19N3O2/c1-25-18-10-6-5-9-15(18)20-16-11-19(24)23(13-17(16)21-22-20)12-14-7-3-2-4-8-14/h2-10H,11-13H2,1H3,(H,21,22). The topological polar surface area (TPSA) is 58.2 Å². The third kappa shape index (κ3) is 2.89. The molecule has 4 rings (SSSR count). The van der Waals surface area contributed by atoms with E-state index in [1.807, 2.05) is 59.5 Å². The Hall–Kier alpha value is -3.08. The van der Waals surface area contributed by atoms with Crippen LogP contribution in [-0.4, -0.2) is 28.1 Å². The van der Waals surface area contributed by atoms with Gasteiger partial charge in [-0.15, -0.1) is 0 Å². The van der Waals surface area contributed by atoms with Gasteiger partial charge in [-0.1, -0.05) is 42.5 Å². The highest BCUT2D eigenvalue weighted by molar-refractivity contribution is 5.84. The highest BCUT2D eigenvalue weighted by Gasteiger charge is 2.28. The minimum Gasteiger partial charge on any atom is -0.496 e. The minimum atomic E-state index is 0.119. The summed E-state index contributed by atoms with van der Waals surface area (Å²) >= 11 is 0. The number of fused-ring (bicyclic) bond motifs is 1. The van der Waals surface area contributed by atoms with Crippen LogP contribution in [0.4, 0.5) is 0 Å². The van der Waals surface area contributed by atoms with Crippen LogP contribution >= 0.6 is 0 Å². The Balaban J connectivity index is 1.64. The average molecular weight is 333 g/mol. The molecule has 1 aliphatic rings. The normalized spacial score (nSPS) is 13.6. The molecule has 1 aromatic heterocycles. The largest absolute Gasteiger partial charge is 0.496 e. The molecular formula is C20H19N3O2. The van der Waals surface area contributed by atoms with Crippen LogP contribution in [-0.2, 0) is 24.3 Å². The number of H-pyrrole nitrogens is 1. The van der Waals surface area contributed by atoms with Gasteiger partial charge in [0.25, 0.3) is 0 Å². The van der Waals surface area contributed by atoms with Gasteiger partial charge < -0.3 is 9.64 Å². The Bertz CT molecular complexity index is 902. The molecule has 0 fully saturated rings. The molecule has 2 heterocycles. The van der Waals surface area contributed by atoms with Crippen molar-refractivity contribution in [3.05, 3.63) is 71.4 Å². The number of methoxy groups -OCH3 is 1. The van der Waals surface area contributed by atoms with Crippen LogP contribution in [0, 0.1) is 0 Å². The summed E-state index contributed by atoms with van der Waals surface area (Å²) in [7, 11) is 1.64. The van der Waals surface area contributed by atoms with Crippen LogP contribution in [0.25, 0.3) is 11.3 Å². The highest BCUT2D eigenvalue weighted by Crippen LogP contribution is 2.34. The molecule has 0 saturated heterocycles. The molecule has 126 valence electrons. The maximum Gasteiger partial charge on any atom is 0.227 e. The van der Waals surface area contributed by atoms with Crippen LogP contribution in [0.2, 0.25) is 0 Å². The smallest absolute Gasteiger partial charge is 0.227 e. The van der Waals surface area contributed by atoms with Crippen molar-refractivity contribution in [2.45, 2.75) is 19.5 Å². The number of rotatable bonds is 4. The Morgan fingerprint density at radius 1 is 1.12 bits per heavy atom. The fourth-order valence-corrected chi connectivity index (χ4v) is 3.28. The van der Waals surface area contributed by atoms with E-state index in [2.05, 4.69) is 10.2 Å². The number of aromatic amines is 1. The van der Waals surface area contributed by atoms with Crippen molar-refractivity contribution in [3.63, 3.8) is 0 Å². The third-order valence-corrected chi connectivity index (χ3v) is 4.56. The van der Waals surface area contributed by atoms with Crippen LogP contribution in [0.5, 0.6) is 5.75 Å². The van der Waals surface area contributed by atoms with Gasteiger partial charge in [0, 0.05) is 17.7 Å². The maximum atomic E-state index is 12.7. The SMILES string of the molecule is COc1ccccc1-c1n[nH]c2c1CC(=O)N(Cc1ccccc1)C2. The molecule has 0 unspecified atom stereocenters. The van der Waals surface area contributed by atoms with Crippen molar-refractivity contribution in [3.8, 4) is 17.0 Å². The molecule has 1 amide bonds. The number of hydrogen-bond acceptors (Lipinski definition) is 3. The van der Waals surface area contributed by atoms with Crippen LogP contribution in [0.1, 0.15) is 16.8 Å². The molecule has 5 nitrogen and oxygen atoms in total. The van der Waals surface area contributed by atoms with E-state index in [-0.39, 0.29) is 5.91 Å². The monoisotopic (exact) mass is 333 g/mol. The first-order chi connectivity index (χ1) is 12.3. The minimum absolute atomic E-state index is 0.119. The van der Waals surface area contributed by atoms with Gasteiger partial charge in [-0.2, -0.15) is 5.10 Å². The van der Waals surface area contributed by atoms with E-state index < -0.39 is 0 Å². The van der Waals surface area contributed by atoms with E-state index in [1.165, 1.54) is 0 Å². The van der Waals surface area contributed by atoms with Crippen molar-refractivity contribution < 1.29 is 9.53 Å².